The lowest BCUT2D eigenvalue weighted by molar-refractivity contribution is -0.149. The first-order valence-corrected chi connectivity index (χ1v) is 10.4. The van der Waals surface area contributed by atoms with E-state index in [1.807, 2.05) is 24.3 Å². The normalized spacial score (nSPS) is 33.8. The van der Waals surface area contributed by atoms with Crippen LogP contribution >= 0.6 is 11.6 Å². The number of benzene rings is 1. The lowest BCUT2D eigenvalue weighted by atomic mass is 9.42. The lowest BCUT2D eigenvalue weighted by Crippen LogP contribution is -2.59. The van der Waals surface area contributed by atoms with Gasteiger partial charge in [-0.3, -0.25) is 9.78 Å². The number of hydrogen-bond donors (Lipinski definition) is 1. The molecule has 4 aliphatic carbocycles. The van der Waals surface area contributed by atoms with E-state index in [-0.39, 0.29) is 18.2 Å². The molecule has 2 unspecified atom stereocenters. The fourth-order valence-corrected chi connectivity index (χ4v) is 6.67. The summed E-state index contributed by atoms with van der Waals surface area (Å²) in [4.78, 5) is 17.4. The summed E-state index contributed by atoms with van der Waals surface area (Å²) in [5.74, 6) is 1.61. The molecular weight excluding hydrogens is 356 g/mol. The van der Waals surface area contributed by atoms with E-state index in [0.29, 0.717) is 18.4 Å². The van der Waals surface area contributed by atoms with Crippen molar-refractivity contribution in [3.63, 3.8) is 0 Å². The first-order valence-electron chi connectivity index (χ1n) is 10.0. The third kappa shape index (κ3) is 2.97. The van der Waals surface area contributed by atoms with Gasteiger partial charge in [-0.1, -0.05) is 23.7 Å². The van der Waals surface area contributed by atoms with Crippen LogP contribution in [0.25, 0.3) is 0 Å². The molecule has 1 aromatic carbocycles. The van der Waals surface area contributed by atoms with Crippen LogP contribution in [0.4, 0.5) is 0 Å². The molecule has 4 bridgehead atoms. The number of halogens is 1. The Morgan fingerprint density at radius 3 is 2.41 bits per heavy atom. The van der Waals surface area contributed by atoms with Gasteiger partial charge < -0.3 is 5.32 Å². The fraction of sp³-hybridized carbons (Fsp3) is 0.478. The van der Waals surface area contributed by atoms with Gasteiger partial charge in [-0.25, -0.2) is 0 Å². The smallest absolute Gasteiger partial charge is 0.226 e. The number of nitrogens with zero attached hydrogens (tertiary/aromatic N) is 1. The monoisotopic (exact) mass is 382 g/mol. The zero-order chi connectivity index (χ0) is 18.5. The maximum absolute atomic E-state index is 13.3. The van der Waals surface area contributed by atoms with Gasteiger partial charge in [0.05, 0.1) is 5.41 Å². The van der Waals surface area contributed by atoms with Crippen LogP contribution in [-0.2, 0) is 16.8 Å². The van der Waals surface area contributed by atoms with Crippen molar-refractivity contribution in [1.29, 1.82) is 0 Å². The van der Waals surface area contributed by atoms with Crippen molar-refractivity contribution in [3.8, 4) is 0 Å². The largest absolute Gasteiger partial charge is 0.352 e. The molecule has 2 aromatic rings. The number of rotatable bonds is 4. The molecule has 4 heteroatoms. The molecule has 4 fully saturated rings. The van der Waals surface area contributed by atoms with E-state index >= 15 is 0 Å². The first-order chi connectivity index (χ1) is 13.1. The molecule has 0 radical (unpaired) electrons. The van der Waals surface area contributed by atoms with E-state index in [0.717, 1.165) is 29.8 Å². The Balaban J connectivity index is 0.00000192. The second-order valence-corrected chi connectivity index (χ2v) is 9.50. The lowest BCUT2D eigenvalue weighted by Gasteiger charge is -2.61. The second-order valence-electron chi connectivity index (χ2n) is 9.07. The van der Waals surface area contributed by atoms with Crippen molar-refractivity contribution in [2.75, 3.05) is 0 Å². The van der Waals surface area contributed by atoms with Crippen LogP contribution in [0.15, 0.2) is 48.8 Å². The van der Waals surface area contributed by atoms with Crippen molar-refractivity contribution >= 4 is 17.5 Å². The molecule has 6 rings (SSSR count). The van der Waals surface area contributed by atoms with Crippen molar-refractivity contribution in [3.05, 3.63) is 64.9 Å². The van der Waals surface area contributed by atoms with Gasteiger partial charge in [0.1, 0.15) is 0 Å². The van der Waals surface area contributed by atoms with E-state index in [2.05, 4.69) is 22.4 Å². The molecule has 0 aliphatic heterocycles. The average Bonchev–Trinajstić information content (AvgIpc) is 2.66. The summed E-state index contributed by atoms with van der Waals surface area (Å²) in [6.45, 7) is 0.590. The highest BCUT2D eigenvalue weighted by Crippen LogP contribution is 2.65. The number of hydrogen-bond acceptors (Lipinski definition) is 2. The van der Waals surface area contributed by atoms with Crippen molar-refractivity contribution < 1.29 is 6.22 Å². The average molecular weight is 383 g/mol. The number of nitrogens with one attached hydrogen (secondary N) is 1. The van der Waals surface area contributed by atoms with Crippen LogP contribution < -0.4 is 5.32 Å². The van der Waals surface area contributed by atoms with Gasteiger partial charge in [-0.05, 0) is 91.2 Å². The minimum Gasteiger partial charge on any atom is -0.352 e. The molecule has 27 heavy (non-hydrogen) atoms. The van der Waals surface area contributed by atoms with Crippen LogP contribution in [0.2, 0.25) is 5.02 Å². The molecule has 1 aromatic heterocycles. The molecule has 1 amide bonds. The highest BCUT2D eigenvalue weighted by molar-refractivity contribution is 6.30. The van der Waals surface area contributed by atoms with Gasteiger partial charge in [-0.15, -0.1) is 0 Å². The number of amides is 1. The molecule has 1 N–H and O–H groups in total. The number of aromatic nitrogens is 1. The minimum atomic E-state index is -0.198. The van der Waals surface area contributed by atoms with E-state index in [9.17, 15) is 4.79 Å². The highest BCUT2D eigenvalue weighted by atomic mass is 35.5. The predicted molar refractivity (Wildman–Crippen MR) is 108 cm³/mol. The molecule has 4 saturated carbocycles. The third-order valence-electron chi connectivity index (χ3n) is 7.20. The molecule has 3 nitrogen and oxygen atoms in total. The standard InChI is InChI=1S/C23H25ClN2O.H2/c24-20-3-1-19(2-4-20)22-10-17-9-18(11-22)13-23(12-17,15-22)21(27)26-14-16-5-7-25-8-6-16;/h1-8,17-18H,9-15H2,(H,26,27);1H. The Kier molecular flexibility index (Phi) is 4.05. The van der Waals surface area contributed by atoms with Crippen LogP contribution in [-0.4, -0.2) is 10.9 Å². The zero-order valence-corrected chi connectivity index (χ0v) is 16.2. The van der Waals surface area contributed by atoms with E-state index in [4.69, 9.17) is 11.6 Å². The molecule has 4 aliphatic rings. The number of pyridine rings is 1. The van der Waals surface area contributed by atoms with Crippen LogP contribution in [0.3, 0.4) is 0 Å². The van der Waals surface area contributed by atoms with Crippen molar-refractivity contribution in [1.82, 2.24) is 10.3 Å². The molecule has 2 atom stereocenters. The Labute approximate surface area is 167 Å². The second kappa shape index (κ2) is 6.34. The molecular formula is C23H27ClN2O. The summed E-state index contributed by atoms with van der Waals surface area (Å²) >= 11 is 6.13. The molecule has 1 heterocycles. The first kappa shape index (κ1) is 17.2. The summed E-state index contributed by atoms with van der Waals surface area (Å²) in [7, 11) is 0. The Bertz CT molecular complexity index is 841. The minimum absolute atomic E-state index is 0. The van der Waals surface area contributed by atoms with Crippen LogP contribution in [0.1, 0.15) is 51.1 Å². The quantitative estimate of drug-likeness (QED) is 0.795. The molecule has 0 spiro atoms. The summed E-state index contributed by atoms with van der Waals surface area (Å²) in [5, 5.41) is 4.03. The SMILES string of the molecule is O=C(NCc1ccncc1)C12CC3CC(C1)CC(c1ccc(Cl)cc1)(C3)C2.[HH]. The summed E-state index contributed by atoms with van der Waals surface area (Å²) in [6, 6.07) is 12.3. The number of carbonyl (C=O) groups excluding carboxylic acids is 1. The highest BCUT2D eigenvalue weighted by Gasteiger charge is 2.60. The summed E-state index contributed by atoms with van der Waals surface area (Å²) in [5.41, 5.74) is 2.45. The Morgan fingerprint density at radius 2 is 1.74 bits per heavy atom. The summed E-state index contributed by atoms with van der Waals surface area (Å²) in [6.07, 6.45) is 10.4. The molecule has 0 saturated heterocycles. The topological polar surface area (TPSA) is 42.0 Å². The van der Waals surface area contributed by atoms with Gasteiger partial charge in [0.15, 0.2) is 0 Å². The fourth-order valence-electron chi connectivity index (χ4n) is 6.54. The predicted octanol–water partition coefficient (Wildman–Crippen LogP) is 5.14. The number of carbonyl (C=O) groups is 1. The maximum Gasteiger partial charge on any atom is 0.226 e. The van der Waals surface area contributed by atoms with Crippen molar-refractivity contribution in [2.24, 2.45) is 17.3 Å². The van der Waals surface area contributed by atoms with Crippen LogP contribution in [0, 0.1) is 17.3 Å². The van der Waals surface area contributed by atoms with Gasteiger partial charge in [0, 0.05) is 25.4 Å². The third-order valence-corrected chi connectivity index (χ3v) is 7.45. The zero-order valence-electron chi connectivity index (χ0n) is 15.5. The molecule has 142 valence electrons. The van der Waals surface area contributed by atoms with Gasteiger partial charge in [0.2, 0.25) is 5.91 Å². The Hall–Kier alpha value is -1.87. The maximum atomic E-state index is 13.3. The summed E-state index contributed by atoms with van der Waals surface area (Å²) < 4.78 is 0. The van der Waals surface area contributed by atoms with E-state index in [1.54, 1.807) is 12.4 Å². The van der Waals surface area contributed by atoms with E-state index in [1.165, 1.54) is 24.8 Å². The Morgan fingerprint density at radius 1 is 1.07 bits per heavy atom. The van der Waals surface area contributed by atoms with Crippen LogP contribution in [0.5, 0.6) is 0 Å². The van der Waals surface area contributed by atoms with E-state index < -0.39 is 0 Å². The van der Waals surface area contributed by atoms with Crippen molar-refractivity contribution in [2.45, 2.75) is 50.5 Å². The van der Waals surface area contributed by atoms with Gasteiger partial charge >= 0.3 is 0 Å². The van der Waals surface area contributed by atoms with Gasteiger partial charge in [-0.2, -0.15) is 0 Å². The van der Waals surface area contributed by atoms with Gasteiger partial charge in [0.25, 0.3) is 0 Å².